The summed E-state index contributed by atoms with van der Waals surface area (Å²) in [4.78, 5) is 19.1. The zero-order valence-electron chi connectivity index (χ0n) is 19.5. The first-order valence-corrected chi connectivity index (χ1v) is 13.6. The van der Waals surface area contributed by atoms with E-state index in [9.17, 15) is 13.2 Å². The second-order valence-electron chi connectivity index (χ2n) is 8.28. The Morgan fingerprint density at radius 2 is 1.97 bits per heavy atom. The van der Waals surface area contributed by atoms with Gasteiger partial charge >= 0.3 is 5.97 Å². The first-order valence-electron chi connectivity index (χ1n) is 10.9. The van der Waals surface area contributed by atoms with Gasteiger partial charge < -0.3 is 24.3 Å². The standard InChI is InChI=1S/C24H26N2O7S2/c1-14(13-31-2)32-21-10-17(33-16-4-6-19(7-5-16)35(3,29)30)8-15-9-20(26-23(15)21)24-25-12-18(34-24)11-22(27)28/h4-10,14,18,26H,11-13H2,1-3H3,(H,27,28). The van der Waals surface area contributed by atoms with Gasteiger partial charge in [-0.05, 0) is 43.3 Å². The van der Waals surface area contributed by atoms with Gasteiger partial charge in [0.15, 0.2) is 9.84 Å². The molecule has 11 heteroatoms. The molecule has 2 unspecified atom stereocenters. The normalized spacial score (nSPS) is 16.8. The molecule has 0 saturated heterocycles. The minimum atomic E-state index is -3.30. The van der Waals surface area contributed by atoms with Gasteiger partial charge in [0.1, 0.15) is 28.4 Å². The van der Waals surface area contributed by atoms with Crippen molar-refractivity contribution >= 4 is 43.5 Å². The number of hydrogen-bond donors (Lipinski definition) is 2. The number of aliphatic imine (C=N–C) groups is 1. The Kier molecular flexibility index (Phi) is 7.39. The number of nitrogens with zero attached hydrogens (tertiary/aromatic N) is 1. The monoisotopic (exact) mass is 518 g/mol. The van der Waals surface area contributed by atoms with Crippen LogP contribution < -0.4 is 9.47 Å². The summed E-state index contributed by atoms with van der Waals surface area (Å²) in [6, 6.07) is 11.7. The molecular weight excluding hydrogens is 492 g/mol. The van der Waals surface area contributed by atoms with Crippen molar-refractivity contribution < 1.29 is 32.5 Å². The van der Waals surface area contributed by atoms with Gasteiger partial charge in [-0.1, -0.05) is 11.8 Å². The number of carboxylic acids is 1. The summed E-state index contributed by atoms with van der Waals surface area (Å²) in [5.74, 6) is 0.715. The van der Waals surface area contributed by atoms with Crippen LogP contribution in [0.15, 0.2) is 52.4 Å². The fourth-order valence-corrected chi connectivity index (χ4v) is 5.40. The SMILES string of the molecule is COCC(C)Oc1cc(Oc2ccc(S(C)(=O)=O)cc2)cc2cc(C3=NCC(CC(=O)O)S3)[nH]c12. The maximum atomic E-state index is 11.7. The van der Waals surface area contributed by atoms with E-state index in [2.05, 4.69) is 9.98 Å². The molecule has 0 radical (unpaired) electrons. The molecular formula is C24H26N2O7S2. The van der Waals surface area contributed by atoms with Crippen LogP contribution in [0.2, 0.25) is 0 Å². The van der Waals surface area contributed by atoms with E-state index in [1.807, 2.05) is 19.1 Å². The third-order valence-electron chi connectivity index (χ3n) is 5.23. The molecule has 2 atom stereocenters. The maximum absolute atomic E-state index is 11.7. The maximum Gasteiger partial charge on any atom is 0.304 e. The molecule has 1 aliphatic rings. The molecule has 35 heavy (non-hydrogen) atoms. The molecule has 3 aromatic rings. The number of nitrogens with one attached hydrogen (secondary N) is 1. The molecule has 0 amide bonds. The van der Waals surface area contributed by atoms with E-state index in [1.165, 1.54) is 23.9 Å². The summed E-state index contributed by atoms with van der Waals surface area (Å²) in [5, 5.41) is 10.6. The van der Waals surface area contributed by atoms with Crippen LogP contribution in [0.25, 0.3) is 10.9 Å². The van der Waals surface area contributed by atoms with Crippen molar-refractivity contribution in [2.24, 2.45) is 4.99 Å². The fourth-order valence-electron chi connectivity index (χ4n) is 3.69. The molecule has 9 nitrogen and oxygen atoms in total. The van der Waals surface area contributed by atoms with Crippen molar-refractivity contribution in [3.63, 3.8) is 0 Å². The highest BCUT2D eigenvalue weighted by molar-refractivity contribution is 8.15. The molecule has 186 valence electrons. The number of methoxy groups -OCH3 is 1. The predicted octanol–water partition coefficient (Wildman–Crippen LogP) is 4.11. The van der Waals surface area contributed by atoms with Gasteiger partial charge in [0.2, 0.25) is 0 Å². The molecule has 2 aromatic carbocycles. The van der Waals surface area contributed by atoms with Crippen LogP contribution >= 0.6 is 11.8 Å². The van der Waals surface area contributed by atoms with E-state index in [0.29, 0.717) is 30.4 Å². The van der Waals surface area contributed by atoms with Crippen molar-refractivity contribution in [1.82, 2.24) is 4.98 Å². The van der Waals surface area contributed by atoms with Crippen LogP contribution in [-0.2, 0) is 19.4 Å². The summed E-state index contributed by atoms with van der Waals surface area (Å²) in [5.41, 5.74) is 1.53. The first kappa shape index (κ1) is 25.1. The molecule has 1 aromatic heterocycles. The minimum absolute atomic E-state index is 0.0525. The highest BCUT2D eigenvalue weighted by Gasteiger charge is 2.25. The Morgan fingerprint density at radius 3 is 2.63 bits per heavy atom. The minimum Gasteiger partial charge on any atom is -0.486 e. The third-order valence-corrected chi connectivity index (χ3v) is 7.58. The van der Waals surface area contributed by atoms with Crippen molar-refractivity contribution in [2.75, 3.05) is 26.5 Å². The summed E-state index contributed by atoms with van der Waals surface area (Å²) >= 11 is 1.44. The molecule has 0 saturated carbocycles. The van der Waals surface area contributed by atoms with E-state index < -0.39 is 15.8 Å². The van der Waals surface area contributed by atoms with E-state index >= 15 is 0 Å². The highest BCUT2D eigenvalue weighted by atomic mass is 32.2. The number of aliphatic carboxylic acids is 1. The topological polar surface area (TPSA) is 127 Å². The lowest BCUT2D eigenvalue weighted by Crippen LogP contribution is -2.18. The lowest BCUT2D eigenvalue weighted by molar-refractivity contribution is -0.136. The molecule has 4 rings (SSSR count). The summed E-state index contributed by atoms with van der Waals surface area (Å²) < 4.78 is 40.8. The van der Waals surface area contributed by atoms with Crippen LogP contribution in [0, 0.1) is 0 Å². The van der Waals surface area contributed by atoms with Gasteiger partial charge in [-0.2, -0.15) is 0 Å². The van der Waals surface area contributed by atoms with Crippen molar-refractivity contribution in [3.05, 3.63) is 48.2 Å². The number of carboxylic acid groups (broad SMARTS) is 1. The smallest absolute Gasteiger partial charge is 0.304 e. The lowest BCUT2D eigenvalue weighted by Gasteiger charge is -2.16. The van der Waals surface area contributed by atoms with Crippen molar-refractivity contribution in [1.29, 1.82) is 0 Å². The van der Waals surface area contributed by atoms with E-state index in [1.54, 1.807) is 25.3 Å². The molecule has 0 spiro atoms. The molecule has 2 heterocycles. The van der Waals surface area contributed by atoms with Crippen LogP contribution in [-0.4, -0.2) is 67.4 Å². The second-order valence-corrected chi connectivity index (χ2v) is 11.6. The number of rotatable bonds is 10. The molecule has 2 N–H and O–H groups in total. The molecule has 0 fully saturated rings. The van der Waals surface area contributed by atoms with Crippen LogP contribution in [0.5, 0.6) is 17.2 Å². The number of sulfone groups is 1. The average Bonchev–Trinajstić information content (AvgIpc) is 3.40. The number of fused-ring (bicyclic) bond motifs is 1. The first-order chi connectivity index (χ1) is 16.6. The lowest BCUT2D eigenvalue weighted by atomic mass is 10.2. The van der Waals surface area contributed by atoms with Gasteiger partial charge in [0, 0.05) is 30.1 Å². The Bertz CT molecular complexity index is 1360. The molecule has 1 aliphatic heterocycles. The van der Waals surface area contributed by atoms with Gasteiger partial charge in [0.05, 0.1) is 35.7 Å². The quantitative estimate of drug-likeness (QED) is 0.410. The van der Waals surface area contributed by atoms with Gasteiger partial charge in [0.25, 0.3) is 0 Å². The van der Waals surface area contributed by atoms with E-state index in [-0.39, 0.29) is 22.7 Å². The number of aromatic nitrogens is 1. The Balaban J connectivity index is 1.65. The molecule has 0 aliphatic carbocycles. The highest BCUT2D eigenvalue weighted by Crippen LogP contribution is 2.36. The Hall–Kier alpha value is -3.02. The zero-order chi connectivity index (χ0) is 25.2. The number of thioether (sulfide) groups is 1. The van der Waals surface area contributed by atoms with Crippen LogP contribution in [0.1, 0.15) is 19.0 Å². The van der Waals surface area contributed by atoms with E-state index in [4.69, 9.17) is 19.3 Å². The average molecular weight is 519 g/mol. The number of hydrogen-bond acceptors (Lipinski definition) is 8. The number of ether oxygens (including phenoxy) is 3. The second kappa shape index (κ2) is 10.3. The number of H-pyrrole nitrogens is 1. The summed E-state index contributed by atoms with van der Waals surface area (Å²) in [6.45, 7) is 2.74. The van der Waals surface area contributed by atoms with Crippen LogP contribution in [0.3, 0.4) is 0 Å². The molecule has 0 bridgehead atoms. The summed E-state index contributed by atoms with van der Waals surface area (Å²) in [6.07, 6.45) is 0.982. The zero-order valence-corrected chi connectivity index (χ0v) is 21.1. The number of aromatic amines is 1. The summed E-state index contributed by atoms with van der Waals surface area (Å²) in [7, 11) is -1.70. The Labute approximate surface area is 207 Å². The number of benzene rings is 2. The van der Waals surface area contributed by atoms with E-state index in [0.717, 1.165) is 27.9 Å². The third kappa shape index (κ3) is 6.16. The Morgan fingerprint density at radius 1 is 1.23 bits per heavy atom. The van der Waals surface area contributed by atoms with Gasteiger partial charge in [-0.3, -0.25) is 9.79 Å². The van der Waals surface area contributed by atoms with Crippen molar-refractivity contribution in [3.8, 4) is 17.2 Å². The number of carbonyl (C=O) groups is 1. The van der Waals surface area contributed by atoms with Crippen molar-refractivity contribution in [2.45, 2.75) is 29.6 Å². The van der Waals surface area contributed by atoms with Crippen LogP contribution in [0.4, 0.5) is 0 Å². The predicted molar refractivity (Wildman–Crippen MR) is 135 cm³/mol. The fraction of sp³-hybridized carbons (Fsp3) is 0.333. The largest absolute Gasteiger partial charge is 0.486 e. The van der Waals surface area contributed by atoms with Gasteiger partial charge in [-0.25, -0.2) is 8.42 Å². The van der Waals surface area contributed by atoms with Gasteiger partial charge in [-0.15, -0.1) is 0 Å².